The van der Waals surface area contributed by atoms with Gasteiger partial charge in [0.25, 0.3) is 0 Å². The number of fused-ring (bicyclic) bond motifs is 1. The Bertz CT molecular complexity index is 587. The van der Waals surface area contributed by atoms with Crippen molar-refractivity contribution < 1.29 is 4.74 Å². The number of aromatic nitrogens is 3. The van der Waals surface area contributed by atoms with Gasteiger partial charge in [-0.3, -0.25) is 0 Å². The zero-order chi connectivity index (χ0) is 13.9. The van der Waals surface area contributed by atoms with E-state index in [0.717, 1.165) is 17.6 Å². The normalized spacial score (nSPS) is 16.1. The Morgan fingerprint density at radius 2 is 2.20 bits per heavy atom. The maximum atomic E-state index is 5.04. The van der Waals surface area contributed by atoms with Crippen LogP contribution in [0.2, 0.25) is 0 Å². The van der Waals surface area contributed by atoms with Crippen LogP contribution >= 0.6 is 0 Å². The molecule has 0 amide bonds. The van der Waals surface area contributed by atoms with Crippen LogP contribution in [0.25, 0.3) is 11.0 Å². The summed E-state index contributed by atoms with van der Waals surface area (Å²) in [4.78, 5) is 9.09. The molecule has 108 valence electrons. The van der Waals surface area contributed by atoms with E-state index < -0.39 is 0 Å². The lowest BCUT2D eigenvalue weighted by Crippen LogP contribution is -2.11. The highest BCUT2D eigenvalue weighted by atomic mass is 16.5. The summed E-state index contributed by atoms with van der Waals surface area (Å²) in [5, 5.41) is 4.37. The van der Waals surface area contributed by atoms with E-state index in [1.54, 1.807) is 7.11 Å². The molecule has 2 aromatic heterocycles. The van der Waals surface area contributed by atoms with Crippen molar-refractivity contribution >= 4 is 17.0 Å². The second-order valence-corrected chi connectivity index (χ2v) is 5.51. The SMILES string of the molecule is COCCNc1ncc2c(C)cn(C3CCCC3)c2n1. The van der Waals surface area contributed by atoms with Crippen LogP contribution in [0.3, 0.4) is 0 Å². The van der Waals surface area contributed by atoms with Crippen LogP contribution < -0.4 is 5.32 Å². The number of nitrogens with zero attached hydrogens (tertiary/aromatic N) is 3. The standard InChI is InChI=1S/C15H22N4O/c1-11-10-19(12-5-3-4-6-12)14-13(11)9-17-15(18-14)16-7-8-20-2/h9-10,12H,3-8H2,1-2H3,(H,16,17,18). The second-order valence-electron chi connectivity index (χ2n) is 5.51. The average molecular weight is 274 g/mol. The van der Waals surface area contributed by atoms with Gasteiger partial charge in [-0.25, -0.2) is 4.98 Å². The van der Waals surface area contributed by atoms with Crippen LogP contribution in [0, 0.1) is 6.92 Å². The van der Waals surface area contributed by atoms with Gasteiger partial charge >= 0.3 is 0 Å². The third kappa shape index (κ3) is 2.50. The lowest BCUT2D eigenvalue weighted by molar-refractivity contribution is 0.210. The molecule has 0 aromatic carbocycles. The molecule has 0 unspecified atom stereocenters. The van der Waals surface area contributed by atoms with Gasteiger partial charge in [-0.15, -0.1) is 0 Å². The Labute approximate surface area is 119 Å². The lowest BCUT2D eigenvalue weighted by atomic mass is 10.2. The highest BCUT2D eigenvalue weighted by Crippen LogP contribution is 2.33. The third-order valence-corrected chi connectivity index (χ3v) is 4.08. The predicted molar refractivity (Wildman–Crippen MR) is 80.1 cm³/mol. The van der Waals surface area contributed by atoms with E-state index in [-0.39, 0.29) is 0 Å². The monoisotopic (exact) mass is 274 g/mol. The molecule has 1 aliphatic carbocycles. The molecule has 0 radical (unpaired) electrons. The molecule has 2 aromatic rings. The van der Waals surface area contributed by atoms with Gasteiger partial charge in [-0.1, -0.05) is 12.8 Å². The number of aryl methyl sites for hydroxylation is 1. The fourth-order valence-corrected chi connectivity index (χ4v) is 3.00. The number of hydrogen-bond acceptors (Lipinski definition) is 4. The minimum Gasteiger partial charge on any atom is -0.383 e. The average Bonchev–Trinajstić information content (AvgIpc) is 3.07. The smallest absolute Gasteiger partial charge is 0.224 e. The molecule has 2 heterocycles. The van der Waals surface area contributed by atoms with Crippen LogP contribution in [0.4, 0.5) is 5.95 Å². The lowest BCUT2D eigenvalue weighted by Gasteiger charge is -2.13. The molecular weight excluding hydrogens is 252 g/mol. The Morgan fingerprint density at radius 1 is 1.40 bits per heavy atom. The van der Waals surface area contributed by atoms with E-state index in [4.69, 9.17) is 9.72 Å². The van der Waals surface area contributed by atoms with Gasteiger partial charge in [0.1, 0.15) is 5.65 Å². The predicted octanol–water partition coefficient (Wildman–Crippen LogP) is 2.91. The summed E-state index contributed by atoms with van der Waals surface area (Å²) in [5.41, 5.74) is 2.32. The Morgan fingerprint density at radius 3 is 2.95 bits per heavy atom. The van der Waals surface area contributed by atoms with Crippen LogP contribution in [0.15, 0.2) is 12.4 Å². The molecule has 1 aliphatic rings. The Balaban J connectivity index is 1.91. The summed E-state index contributed by atoms with van der Waals surface area (Å²) in [6, 6.07) is 0.605. The van der Waals surface area contributed by atoms with Crippen molar-refractivity contribution in [3.63, 3.8) is 0 Å². The van der Waals surface area contributed by atoms with E-state index in [2.05, 4.69) is 28.0 Å². The van der Waals surface area contributed by atoms with Gasteiger partial charge in [-0.2, -0.15) is 4.98 Å². The molecule has 5 nitrogen and oxygen atoms in total. The van der Waals surface area contributed by atoms with Crippen molar-refractivity contribution in [1.82, 2.24) is 14.5 Å². The van der Waals surface area contributed by atoms with Gasteiger partial charge in [0, 0.05) is 37.5 Å². The zero-order valence-corrected chi connectivity index (χ0v) is 12.2. The highest BCUT2D eigenvalue weighted by Gasteiger charge is 2.20. The van der Waals surface area contributed by atoms with Crippen molar-refractivity contribution in [3.05, 3.63) is 18.0 Å². The fourth-order valence-electron chi connectivity index (χ4n) is 3.00. The third-order valence-electron chi connectivity index (χ3n) is 4.08. The maximum absolute atomic E-state index is 5.04. The number of hydrogen-bond donors (Lipinski definition) is 1. The first-order valence-corrected chi connectivity index (χ1v) is 7.36. The summed E-state index contributed by atoms with van der Waals surface area (Å²) in [6.07, 6.45) is 9.34. The molecule has 3 rings (SSSR count). The zero-order valence-electron chi connectivity index (χ0n) is 12.2. The van der Waals surface area contributed by atoms with Crippen molar-refractivity contribution in [1.29, 1.82) is 0 Å². The first-order chi connectivity index (χ1) is 9.79. The van der Waals surface area contributed by atoms with E-state index in [1.807, 2.05) is 6.20 Å². The molecule has 1 N–H and O–H groups in total. The fraction of sp³-hybridized carbons (Fsp3) is 0.600. The Kier molecular flexibility index (Phi) is 3.87. The molecule has 0 saturated heterocycles. The molecular formula is C15H22N4O. The van der Waals surface area contributed by atoms with Crippen LogP contribution in [-0.4, -0.2) is 34.8 Å². The largest absolute Gasteiger partial charge is 0.383 e. The van der Waals surface area contributed by atoms with E-state index in [9.17, 15) is 0 Å². The molecule has 0 bridgehead atoms. The van der Waals surface area contributed by atoms with Crippen LogP contribution in [-0.2, 0) is 4.74 Å². The van der Waals surface area contributed by atoms with E-state index in [1.165, 1.54) is 31.2 Å². The summed E-state index contributed by atoms with van der Waals surface area (Å²) < 4.78 is 7.38. The Hall–Kier alpha value is -1.62. The number of ether oxygens (including phenoxy) is 1. The van der Waals surface area contributed by atoms with Crippen molar-refractivity contribution in [2.45, 2.75) is 38.6 Å². The number of anilines is 1. The van der Waals surface area contributed by atoms with Crippen molar-refractivity contribution in [3.8, 4) is 0 Å². The minimum absolute atomic E-state index is 0.605. The van der Waals surface area contributed by atoms with E-state index in [0.29, 0.717) is 18.6 Å². The topological polar surface area (TPSA) is 52.0 Å². The molecule has 5 heteroatoms. The van der Waals surface area contributed by atoms with Gasteiger partial charge in [-0.05, 0) is 25.3 Å². The van der Waals surface area contributed by atoms with Gasteiger partial charge in [0.2, 0.25) is 5.95 Å². The minimum atomic E-state index is 0.605. The number of nitrogens with one attached hydrogen (secondary N) is 1. The number of methoxy groups -OCH3 is 1. The second kappa shape index (κ2) is 5.79. The molecule has 0 aliphatic heterocycles. The van der Waals surface area contributed by atoms with Crippen LogP contribution in [0.5, 0.6) is 0 Å². The van der Waals surface area contributed by atoms with Crippen molar-refractivity contribution in [2.75, 3.05) is 25.6 Å². The van der Waals surface area contributed by atoms with Gasteiger partial charge in [0.15, 0.2) is 0 Å². The molecule has 0 atom stereocenters. The molecule has 0 spiro atoms. The molecule has 1 saturated carbocycles. The quantitative estimate of drug-likeness (QED) is 0.852. The van der Waals surface area contributed by atoms with Gasteiger partial charge in [0.05, 0.1) is 6.61 Å². The van der Waals surface area contributed by atoms with Crippen LogP contribution in [0.1, 0.15) is 37.3 Å². The first kappa shape index (κ1) is 13.4. The summed E-state index contributed by atoms with van der Waals surface area (Å²) >= 11 is 0. The highest BCUT2D eigenvalue weighted by molar-refractivity contribution is 5.80. The number of rotatable bonds is 5. The first-order valence-electron chi connectivity index (χ1n) is 7.36. The summed E-state index contributed by atoms with van der Waals surface area (Å²) in [5.74, 6) is 0.687. The van der Waals surface area contributed by atoms with Gasteiger partial charge < -0.3 is 14.6 Å². The summed E-state index contributed by atoms with van der Waals surface area (Å²) in [6.45, 7) is 3.52. The molecule has 1 fully saturated rings. The molecule has 20 heavy (non-hydrogen) atoms. The summed E-state index contributed by atoms with van der Waals surface area (Å²) in [7, 11) is 1.69. The van der Waals surface area contributed by atoms with E-state index >= 15 is 0 Å². The van der Waals surface area contributed by atoms with Crippen molar-refractivity contribution in [2.24, 2.45) is 0 Å². The maximum Gasteiger partial charge on any atom is 0.224 e.